The van der Waals surface area contributed by atoms with Gasteiger partial charge >= 0.3 is 5.97 Å². The van der Waals surface area contributed by atoms with Gasteiger partial charge in [0.25, 0.3) is 0 Å². The van der Waals surface area contributed by atoms with Crippen molar-refractivity contribution >= 4 is 16.0 Å². The van der Waals surface area contributed by atoms with E-state index in [9.17, 15) is 22.0 Å². The molecule has 8 heteroatoms. The maximum absolute atomic E-state index is 13.7. The molecule has 0 spiro atoms. The Labute approximate surface area is 108 Å². The maximum Gasteiger partial charge on any atom is 0.341 e. The van der Waals surface area contributed by atoms with E-state index in [1.165, 1.54) is 6.92 Å². The van der Waals surface area contributed by atoms with Crippen LogP contribution in [0.25, 0.3) is 0 Å². The average Bonchev–Trinajstić information content (AvgIpc) is 2.27. The van der Waals surface area contributed by atoms with Crippen LogP contribution >= 0.6 is 0 Å². The number of terminal acetylenes is 1. The lowest BCUT2D eigenvalue weighted by Crippen LogP contribution is -2.32. The summed E-state index contributed by atoms with van der Waals surface area (Å²) < 4.78 is 52.3. The Morgan fingerprint density at radius 3 is 2.53 bits per heavy atom. The molecule has 5 nitrogen and oxygen atoms in total. The number of halogens is 2. The molecular weight excluding hydrogens is 280 g/mol. The summed E-state index contributed by atoms with van der Waals surface area (Å²) in [6.45, 7) is 1.33. The molecule has 19 heavy (non-hydrogen) atoms. The summed E-state index contributed by atoms with van der Waals surface area (Å²) in [5.41, 5.74) is -1.34. The Morgan fingerprint density at radius 2 is 2.05 bits per heavy atom. The summed E-state index contributed by atoms with van der Waals surface area (Å²) in [6.07, 6.45) is 4.97. The first-order valence-corrected chi connectivity index (χ1v) is 6.38. The fourth-order valence-corrected chi connectivity index (χ4v) is 2.51. The van der Waals surface area contributed by atoms with Gasteiger partial charge in [-0.1, -0.05) is 5.92 Å². The lowest BCUT2D eigenvalue weighted by molar-refractivity contribution is 0.0685. The number of hydrogen-bond acceptors (Lipinski definition) is 3. The molecule has 0 saturated carbocycles. The second-order valence-electron chi connectivity index (χ2n) is 3.55. The van der Waals surface area contributed by atoms with E-state index in [0.29, 0.717) is 12.1 Å². The molecule has 0 aromatic heterocycles. The number of benzene rings is 1. The molecule has 0 aliphatic rings. The van der Waals surface area contributed by atoms with E-state index < -0.39 is 44.1 Å². The van der Waals surface area contributed by atoms with Crippen LogP contribution in [0.2, 0.25) is 0 Å². The third kappa shape index (κ3) is 3.07. The zero-order chi connectivity index (χ0) is 14.8. The topological polar surface area (TPSA) is 83.5 Å². The van der Waals surface area contributed by atoms with Crippen molar-refractivity contribution in [1.29, 1.82) is 0 Å². The fourth-order valence-electron chi connectivity index (χ4n) is 1.27. The number of aromatic carboxylic acids is 1. The van der Waals surface area contributed by atoms with Crippen molar-refractivity contribution in [2.75, 3.05) is 0 Å². The smallest absolute Gasteiger partial charge is 0.341 e. The van der Waals surface area contributed by atoms with Crippen LogP contribution in [0.1, 0.15) is 17.3 Å². The Balaban J connectivity index is 3.42. The highest BCUT2D eigenvalue weighted by atomic mass is 32.2. The summed E-state index contributed by atoms with van der Waals surface area (Å²) in [7, 11) is -4.37. The number of sulfonamides is 1. The van der Waals surface area contributed by atoms with Gasteiger partial charge in [0, 0.05) is 0 Å². The lowest BCUT2D eigenvalue weighted by Gasteiger charge is -2.11. The Kier molecular flexibility index (Phi) is 4.24. The maximum atomic E-state index is 13.7. The highest BCUT2D eigenvalue weighted by Crippen LogP contribution is 2.21. The Hall–Kier alpha value is -1.98. The zero-order valence-corrected chi connectivity index (χ0v) is 10.5. The molecule has 0 aliphatic heterocycles. The zero-order valence-electron chi connectivity index (χ0n) is 9.65. The number of rotatable bonds is 4. The van der Waals surface area contributed by atoms with E-state index in [4.69, 9.17) is 11.5 Å². The summed E-state index contributed by atoms with van der Waals surface area (Å²) >= 11 is 0. The quantitative estimate of drug-likeness (QED) is 0.809. The molecule has 1 aromatic rings. The molecule has 0 heterocycles. The van der Waals surface area contributed by atoms with Gasteiger partial charge in [-0.25, -0.2) is 22.0 Å². The normalized spacial score (nSPS) is 12.7. The lowest BCUT2D eigenvalue weighted by atomic mass is 10.2. The van der Waals surface area contributed by atoms with Crippen LogP contribution in [0.3, 0.4) is 0 Å². The van der Waals surface area contributed by atoms with Crippen LogP contribution in [-0.2, 0) is 10.0 Å². The van der Waals surface area contributed by atoms with Crippen LogP contribution in [-0.4, -0.2) is 25.5 Å². The molecule has 0 bridgehead atoms. The molecule has 1 rings (SSSR count). The highest BCUT2D eigenvalue weighted by Gasteiger charge is 2.27. The van der Waals surface area contributed by atoms with Gasteiger partial charge in [-0.2, -0.15) is 4.72 Å². The first-order chi connectivity index (χ1) is 8.70. The molecule has 1 unspecified atom stereocenters. The molecular formula is C11H9F2NO4S. The standard InChI is InChI=1S/C11H9F2NO4S/c1-3-6(2)14-19(17,18)8-5-4-7(12)9(10(8)13)11(15)16/h1,4-6,14H,2H3,(H,15,16). The van der Waals surface area contributed by atoms with Crippen molar-refractivity contribution in [1.82, 2.24) is 4.72 Å². The van der Waals surface area contributed by atoms with Crippen LogP contribution < -0.4 is 4.72 Å². The van der Waals surface area contributed by atoms with Gasteiger partial charge in [0.15, 0.2) is 5.82 Å². The van der Waals surface area contributed by atoms with Crippen molar-refractivity contribution in [2.24, 2.45) is 0 Å². The SMILES string of the molecule is C#CC(C)NS(=O)(=O)c1ccc(F)c(C(=O)O)c1F. The Bertz CT molecular complexity index is 664. The minimum Gasteiger partial charge on any atom is -0.477 e. The third-order valence-corrected chi connectivity index (χ3v) is 3.70. The Morgan fingerprint density at radius 1 is 1.47 bits per heavy atom. The minimum absolute atomic E-state index is 0.557. The predicted octanol–water partition coefficient (Wildman–Crippen LogP) is 0.963. The fraction of sp³-hybridized carbons (Fsp3) is 0.182. The van der Waals surface area contributed by atoms with Gasteiger partial charge in [-0.15, -0.1) is 6.42 Å². The number of carbonyl (C=O) groups is 1. The van der Waals surface area contributed by atoms with Gasteiger partial charge in [0.2, 0.25) is 10.0 Å². The van der Waals surface area contributed by atoms with E-state index in [1.54, 1.807) is 0 Å². The van der Waals surface area contributed by atoms with Gasteiger partial charge in [0.05, 0.1) is 6.04 Å². The largest absolute Gasteiger partial charge is 0.477 e. The number of carboxylic acid groups (broad SMARTS) is 1. The first-order valence-electron chi connectivity index (χ1n) is 4.90. The first kappa shape index (κ1) is 15.1. The summed E-state index contributed by atoms with van der Waals surface area (Å²) in [4.78, 5) is 9.69. The number of carboxylic acids is 1. The van der Waals surface area contributed by atoms with Gasteiger partial charge in [-0.3, -0.25) is 0 Å². The van der Waals surface area contributed by atoms with Crippen molar-refractivity contribution in [3.63, 3.8) is 0 Å². The summed E-state index contributed by atoms with van der Waals surface area (Å²) in [5, 5.41) is 8.64. The van der Waals surface area contributed by atoms with Crippen molar-refractivity contribution in [3.8, 4) is 12.3 Å². The predicted molar refractivity (Wildman–Crippen MR) is 61.9 cm³/mol. The third-order valence-electron chi connectivity index (χ3n) is 2.14. The summed E-state index contributed by atoms with van der Waals surface area (Å²) in [5.74, 6) is -2.89. The van der Waals surface area contributed by atoms with Crippen LogP contribution in [0.15, 0.2) is 17.0 Å². The van der Waals surface area contributed by atoms with Crippen LogP contribution in [0.5, 0.6) is 0 Å². The van der Waals surface area contributed by atoms with Gasteiger partial charge < -0.3 is 5.11 Å². The van der Waals surface area contributed by atoms with Crippen molar-refractivity contribution in [3.05, 3.63) is 29.3 Å². The summed E-state index contributed by atoms with van der Waals surface area (Å²) in [6, 6.07) is 0.257. The van der Waals surface area contributed by atoms with E-state index in [-0.39, 0.29) is 0 Å². The number of nitrogens with one attached hydrogen (secondary N) is 1. The molecule has 0 aliphatic carbocycles. The molecule has 1 aromatic carbocycles. The molecule has 1 atom stereocenters. The second-order valence-corrected chi connectivity index (χ2v) is 5.23. The second kappa shape index (κ2) is 5.34. The van der Waals surface area contributed by atoms with E-state index in [1.807, 2.05) is 4.72 Å². The van der Waals surface area contributed by atoms with Gasteiger partial charge in [0.1, 0.15) is 16.3 Å². The van der Waals surface area contributed by atoms with E-state index in [2.05, 4.69) is 5.92 Å². The minimum atomic E-state index is -4.37. The van der Waals surface area contributed by atoms with Crippen LogP contribution in [0, 0.1) is 24.0 Å². The average molecular weight is 289 g/mol. The van der Waals surface area contributed by atoms with Crippen molar-refractivity contribution < 1.29 is 27.1 Å². The highest BCUT2D eigenvalue weighted by molar-refractivity contribution is 7.89. The molecule has 0 saturated heterocycles. The molecule has 0 fully saturated rings. The molecule has 0 amide bonds. The molecule has 2 N–H and O–H groups in total. The van der Waals surface area contributed by atoms with Crippen molar-refractivity contribution in [2.45, 2.75) is 17.9 Å². The molecule has 102 valence electrons. The van der Waals surface area contributed by atoms with E-state index >= 15 is 0 Å². The number of hydrogen-bond donors (Lipinski definition) is 2. The monoisotopic (exact) mass is 289 g/mol. The van der Waals surface area contributed by atoms with Crippen LogP contribution in [0.4, 0.5) is 8.78 Å². The van der Waals surface area contributed by atoms with E-state index in [0.717, 1.165) is 0 Å². The van der Waals surface area contributed by atoms with Gasteiger partial charge in [-0.05, 0) is 19.1 Å². The molecule has 0 radical (unpaired) electrons.